The molecule has 0 radical (unpaired) electrons. The van der Waals surface area contributed by atoms with Gasteiger partial charge in [0.2, 0.25) is 0 Å². The van der Waals surface area contributed by atoms with Gasteiger partial charge in [0.05, 0.1) is 0 Å². The molecule has 1 aromatic carbocycles. The lowest BCUT2D eigenvalue weighted by atomic mass is 10.1. The first kappa shape index (κ1) is 13.7. The number of rotatable bonds is 7. The van der Waals surface area contributed by atoms with Crippen LogP contribution in [0.5, 0.6) is 0 Å². The molecule has 0 heterocycles. The van der Waals surface area contributed by atoms with Gasteiger partial charge in [-0.15, -0.1) is 0 Å². The van der Waals surface area contributed by atoms with Gasteiger partial charge in [-0.1, -0.05) is 18.5 Å². The van der Waals surface area contributed by atoms with Crippen LogP contribution >= 0.6 is 11.6 Å². The number of anilines is 1. The summed E-state index contributed by atoms with van der Waals surface area (Å²) in [5.74, 6) is 0. The summed E-state index contributed by atoms with van der Waals surface area (Å²) in [4.78, 5) is 2.51. The Kier molecular flexibility index (Phi) is 4.90. The van der Waals surface area contributed by atoms with Crippen molar-refractivity contribution in [3.05, 3.63) is 28.8 Å². The van der Waals surface area contributed by atoms with E-state index in [1.54, 1.807) is 0 Å². The molecule has 0 spiro atoms. The van der Waals surface area contributed by atoms with Gasteiger partial charge >= 0.3 is 0 Å². The molecule has 0 amide bonds. The third-order valence-electron chi connectivity index (χ3n) is 3.42. The van der Waals surface area contributed by atoms with Gasteiger partial charge in [0.15, 0.2) is 0 Å². The van der Waals surface area contributed by atoms with E-state index in [0.717, 1.165) is 37.1 Å². The Morgan fingerprint density at radius 1 is 1.33 bits per heavy atom. The Labute approximate surface area is 115 Å². The van der Waals surface area contributed by atoms with Crippen LogP contribution < -0.4 is 10.2 Å². The number of hydrogen-bond donors (Lipinski definition) is 1. The second-order valence-corrected chi connectivity index (χ2v) is 5.40. The summed E-state index contributed by atoms with van der Waals surface area (Å²) in [5.41, 5.74) is 2.68. The highest BCUT2D eigenvalue weighted by atomic mass is 35.5. The summed E-state index contributed by atoms with van der Waals surface area (Å²) in [6.45, 7) is 7.46. The maximum atomic E-state index is 6.13. The van der Waals surface area contributed by atoms with Crippen molar-refractivity contribution >= 4 is 17.3 Å². The van der Waals surface area contributed by atoms with Gasteiger partial charge in [-0.05, 0) is 56.5 Å². The van der Waals surface area contributed by atoms with Crippen molar-refractivity contribution in [1.29, 1.82) is 0 Å². The molecule has 1 fully saturated rings. The lowest BCUT2D eigenvalue weighted by molar-refractivity contribution is 0.672. The fourth-order valence-electron chi connectivity index (χ4n) is 2.39. The van der Waals surface area contributed by atoms with Crippen molar-refractivity contribution in [2.24, 2.45) is 0 Å². The summed E-state index contributed by atoms with van der Waals surface area (Å²) >= 11 is 6.13. The molecule has 3 heteroatoms. The first-order valence-corrected chi connectivity index (χ1v) is 7.39. The molecule has 1 saturated carbocycles. The predicted octanol–water partition coefficient (Wildman–Crippen LogP) is 3.83. The predicted molar refractivity (Wildman–Crippen MR) is 79.5 cm³/mol. The summed E-state index contributed by atoms with van der Waals surface area (Å²) in [5, 5.41) is 4.30. The smallest absolute Gasteiger partial charge is 0.0415 e. The normalized spacial score (nSPS) is 14.8. The monoisotopic (exact) mass is 266 g/mol. The fourth-order valence-corrected chi connectivity index (χ4v) is 2.58. The highest BCUT2D eigenvalue weighted by Crippen LogP contribution is 2.34. The van der Waals surface area contributed by atoms with Crippen LogP contribution in [0.4, 0.5) is 5.69 Å². The Morgan fingerprint density at radius 3 is 2.72 bits per heavy atom. The van der Waals surface area contributed by atoms with Gasteiger partial charge in [0, 0.05) is 29.8 Å². The Balaban J connectivity index is 2.15. The summed E-state index contributed by atoms with van der Waals surface area (Å²) in [6.07, 6.45) is 3.83. The Bertz CT molecular complexity index is 388. The van der Waals surface area contributed by atoms with Crippen LogP contribution in [0.2, 0.25) is 5.02 Å². The molecule has 1 N–H and O–H groups in total. The maximum Gasteiger partial charge on any atom is 0.0415 e. The molecule has 0 aromatic heterocycles. The van der Waals surface area contributed by atoms with E-state index in [9.17, 15) is 0 Å². The molecular formula is C15H23ClN2. The molecule has 0 aliphatic heterocycles. The average molecular weight is 267 g/mol. The standard InChI is InChI=1S/C15H23ClN2/c1-3-9-17-11-12-10-13(16)5-8-15(12)18(4-2)14-6-7-14/h5,8,10,14,17H,3-4,6-7,9,11H2,1-2H3. The molecule has 0 bridgehead atoms. The fraction of sp³-hybridized carbons (Fsp3) is 0.600. The minimum Gasteiger partial charge on any atom is -0.369 e. The van der Waals surface area contributed by atoms with Crippen molar-refractivity contribution in [3.63, 3.8) is 0 Å². The van der Waals surface area contributed by atoms with Crippen LogP contribution in [-0.4, -0.2) is 19.1 Å². The van der Waals surface area contributed by atoms with Crippen molar-refractivity contribution in [2.45, 2.75) is 45.7 Å². The quantitative estimate of drug-likeness (QED) is 0.755. The van der Waals surface area contributed by atoms with Crippen LogP contribution in [0.25, 0.3) is 0 Å². The lowest BCUT2D eigenvalue weighted by Gasteiger charge is -2.26. The minimum atomic E-state index is 0.751. The second kappa shape index (κ2) is 6.44. The highest BCUT2D eigenvalue weighted by molar-refractivity contribution is 6.30. The van der Waals surface area contributed by atoms with E-state index in [0.29, 0.717) is 0 Å². The molecule has 1 aliphatic carbocycles. The lowest BCUT2D eigenvalue weighted by Crippen LogP contribution is -2.27. The Hall–Kier alpha value is -0.730. The Morgan fingerprint density at radius 2 is 2.11 bits per heavy atom. The van der Waals surface area contributed by atoms with Crippen LogP contribution in [0.3, 0.4) is 0 Å². The molecule has 2 nitrogen and oxygen atoms in total. The number of halogens is 1. The molecule has 0 unspecified atom stereocenters. The number of hydrogen-bond acceptors (Lipinski definition) is 2. The molecule has 100 valence electrons. The molecular weight excluding hydrogens is 244 g/mol. The second-order valence-electron chi connectivity index (χ2n) is 4.97. The van der Waals surface area contributed by atoms with Gasteiger partial charge in [0.25, 0.3) is 0 Å². The molecule has 0 atom stereocenters. The van der Waals surface area contributed by atoms with Crippen LogP contribution in [-0.2, 0) is 6.54 Å². The van der Waals surface area contributed by atoms with E-state index in [4.69, 9.17) is 11.6 Å². The van der Waals surface area contributed by atoms with Crippen molar-refractivity contribution in [2.75, 3.05) is 18.0 Å². The van der Waals surface area contributed by atoms with Gasteiger partial charge in [-0.3, -0.25) is 0 Å². The third-order valence-corrected chi connectivity index (χ3v) is 3.66. The average Bonchev–Trinajstić information content (AvgIpc) is 3.17. The van der Waals surface area contributed by atoms with E-state index < -0.39 is 0 Å². The van der Waals surface area contributed by atoms with Crippen molar-refractivity contribution in [1.82, 2.24) is 5.32 Å². The van der Waals surface area contributed by atoms with Crippen LogP contribution in [0, 0.1) is 0 Å². The number of nitrogens with zero attached hydrogens (tertiary/aromatic N) is 1. The highest BCUT2D eigenvalue weighted by Gasteiger charge is 2.29. The summed E-state index contributed by atoms with van der Waals surface area (Å²) in [6, 6.07) is 7.03. The van der Waals surface area contributed by atoms with Gasteiger partial charge < -0.3 is 10.2 Å². The van der Waals surface area contributed by atoms with E-state index in [1.807, 2.05) is 6.07 Å². The first-order valence-electron chi connectivity index (χ1n) is 7.02. The maximum absolute atomic E-state index is 6.13. The van der Waals surface area contributed by atoms with E-state index in [2.05, 4.69) is 36.2 Å². The first-order chi connectivity index (χ1) is 8.76. The molecule has 2 rings (SSSR count). The SMILES string of the molecule is CCCNCc1cc(Cl)ccc1N(CC)C1CC1. The molecule has 1 aliphatic rings. The van der Waals surface area contributed by atoms with Gasteiger partial charge in [-0.2, -0.15) is 0 Å². The summed E-state index contributed by atoms with van der Waals surface area (Å²) < 4.78 is 0. The number of benzene rings is 1. The molecule has 1 aromatic rings. The summed E-state index contributed by atoms with van der Waals surface area (Å²) in [7, 11) is 0. The van der Waals surface area contributed by atoms with Gasteiger partial charge in [-0.25, -0.2) is 0 Å². The number of nitrogens with one attached hydrogen (secondary N) is 1. The molecule has 18 heavy (non-hydrogen) atoms. The molecule has 0 saturated heterocycles. The van der Waals surface area contributed by atoms with Crippen molar-refractivity contribution in [3.8, 4) is 0 Å². The van der Waals surface area contributed by atoms with Gasteiger partial charge in [0.1, 0.15) is 0 Å². The topological polar surface area (TPSA) is 15.3 Å². The zero-order chi connectivity index (χ0) is 13.0. The van der Waals surface area contributed by atoms with Crippen molar-refractivity contribution < 1.29 is 0 Å². The van der Waals surface area contributed by atoms with E-state index in [1.165, 1.54) is 24.1 Å². The van der Waals surface area contributed by atoms with Crippen LogP contribution in [0.15, 0.2) is 18.2 Å². The largest absolute Gasteiger partial charge is 0.369 e. The van der Waals surface area contributed by atoms with Crippen LogP contribution in [0.1, 0.15) is 38.7 Å². The zero-order valence-corrected chi connectivity index (χ0v) is 12.1. The third kappa shape index (κ3) is 3.39. The van der Waals surface area contributed by atoms with E-state index >= 15 is 0 Å². The zero-order valence-electron chi connectivity index (χ0n) is 11.4. The minimum absolute atomic E-state index is 0.751. The van der Waals surface area contributed by atoms with E-state index in [-0.39, 0.29) is 0 Å².